The summed E-state index contributed by atoms with van der Waals surface area (Å²) in [5, 5.41) is 7.70. The van der Waals surface area contributed by atoms with E-state index in [2.05, 4.69) is 27.8 Å². The molecule has 0 atom stereocenters. The van der Waals surface area contributed by atoms with Crippen molar-refractivity contribution in [2.75, 3.05) is 17.6 Å². The minimum Gasteiger partial charge on any atom is -0.398 e. The third kappa shape index (κ3) is 2.53. The van der Waals surface area contributed by atoms with Crippen molar-refractivity contribution in [3.8, 4) is 0 Å². The van der Waals surface area contributed by atoms with Crippen LogP contribution < -0.4 is 11.1 Å². The molecule has 3 aromatic rings. The number of nitrogens with two attached hydrogens (primary N) is 1. The molecule has 2 aromatic heterocycles. The van der Waals surface area contributed by atoms with Crippen LogP contribution in [0.15, 0.2) is 48.1 Å². The second kappa shape index (κ2) is 5.28. The number of nitrogens with one attached hydrogen (secondary N) is 1. The average molecular weight is 269 g/mol. The van der Waals surface area contributed by atoms with E-state index in [1.54, 1.807) is 17.5 Å². The molecule has 0 amide bonds. The van der Waals surface area contributed by atoms with Gasteiger partial charge in [0.05, 0.1) is 0 Å². The molecule has 0 bridgehead atoms. The van der Waals surface area contributed by atoms with Crippen LogP contribution in [0.5, 0.6) is 0 Å². The maximum atomic E-state index is 5.98. The lowest BCUT2D eigenvalue weighted by Crippen LogP contribution is -2.04. The first-order chi connectivity index (χ1) is 9.34. The number of hydrogen-bond acceptors (Lipinski definition) is 4. The zero-order chi connectivity index (χ0) is 13.1. The van der Waals surface area contributed by atoms with Gasteiger partial charge < -0.3 is 11.1 Å². The van der Waals surface area contributed by atoms with Crippen LogP contribution >= 0.6 is 11.3 Å². The van der Waals surface area contributed by atoms with Crippen LogP contribution in [0, 0.1) is 0 Å². The largest absolute Gasteiger partial charge is 0.398 e. The number of hydrogen-bond donors (Lipinski definition) is 2. The van der Waals surface area contributed by atoms with Gasteiger partial charge in [0.15, 0.2) is 0 Å². The maximum Gasteiger partial charge on any atom is 0.0437 e. The number of pyridine rings is 1. The van der Waals surface area contributed by atoms with Gasteiger partial charge in [-0.1, -0.05) is 6.07 Å². The minimum absolute atomic E-state index is 0.793. The lowest BCUT2D eigenvalue weighted by atomic mass is 10.1. The number of nitrogens with zero attached hydrogens (tertiary/aromatic N) is 1. The number of anilines is 2. The van der Waals surface area contributed by atoms with Crippen molar-refractivity contribution in [3.63, 3.8) is 0 Å². The zero-order valence-corrected chi connectivity index (χ0v) is 11.3. The van der Waals surface area contributed by atoms with Gasteiger partial charge in [0, 0.05) is 46.0 Å². The quantitative estimate of drug-likeness (QED) is 0.712. The predicted molar refractivity (Wildman–Crippen MR) is 82.7 cm³/mol. The molecule has 3 nitrogen and oxygen atoms in total. The molecule has 4 heteroatoms. The monoisotopic (exact) mass is 269 g/mol. The molecule has 1 aromatic carbocycles. The van der Waals surface area contributed by atoms with Crippen LogP contribution in [-0.4, -0.2) is 11.5 Å². The van der Waals surface area contributed by atoms with Gasteiger partial charge in [-0.3, -0.25) is 4.98 Å². The summed E-state index contributed by atoms with van der Waals surface area (Å²) in [7, 11) is 0. The molecule has 0 radical (unpaired) electrons. The van der Waals surface area contributed by atoms with Crippen molar-refractivity contribution in [1.82, 2.24) is 4.98 Å². The number of benzene rings is 1. The van der Waals surface area contributed by atoms with E-state index in [9.17, 15) is 0 Å². The number of fused-ring (bicyclic) bond motifs is 1. The molecular weight excluding hydrogens is 254 g/mol. The van der Waals surface area contributed by atoms with E-state index >= 15 is 0 Å². The molecular formula is C15H15N3S. The van der Waals surface area contributed by atoms with Crippen LogP contribution in [0.25, 0.3) is 10.8 Å². The first-order valence-electron chi connectivity index (χ1n) is 6.23. The number of nitrogen functional groups attached to an aromatic ring is 1. The third-order valence-corrected chi connectivity index (χ3v) is 4.05. The molecule has 0 aliphatic rings. The van der Waals surface area contributed by atoms with E-state index < -0.39 is 0 Å². The van der Waals surface area contributed by atoms with E-state index in [0.29, 0.717) is 0 Å². The minimum atomic E-state index is 0.793. The molecule has 0 fully saturated rings. The lowest BCUT2D eigenvalue weighted by Gasteiger charge is -2.10. The predicted octanol–water partition coefficient (Wildman–Crippen LogP) is 3.53. The standard InChI is InChI=1S/C15H15N3S/c16-14-3-4-15(13-10-17-7-6-12(13)14)18-8-5-11-2-1-9-19-11/h1-4,6-7,9-10,18H,5,8,16H2. The summed E-state index contributed by atoms with van der Waals surface area (Å²) in [6, 6.07) is 10.2. The summed E-state index contributed by atoms with van der Waals surface area (Å²) in [6.45, 7) is 0.911. The summed E-state index contributed by atoms with van der Waals surface area (Å²) in [4.78, 5) is 5.57. The Bertz CT molecular complexity index is 677. The van der Waals surface area contributed by atoms with Gasteiger partial charge in [-0.25, -0.2) is 0 Å². The molecule has 0 aliphatic heterocycles. The van der Waals surface area contributed by atoms with Crippen molar-refractivity contribution in [1.29, 1.82) is 0 Å². The SMILES string of the molecule is Nc1ccc(NCCc2cccs2)c2cnccc12. The molecule has 0 spiro atoms. The van der Waals surface area contributed by atoms with E-state index in [1.165, 1.54) is 4.88 Å². The number of thiophene rings is 1. The normalized spacial score (nSPS) is 10.7. The maximum absolute atomic E-state index is 5.98. The van der Waals surface area contributed by atoms with E-state index in [1.807, 2.05) is 24.4 Å². The van der Waals surface area contributed by atoms with Crippen molar-refractivity contribution in [3.05, 3.63) is 53.0 Å². The van der Waals surface area contributed by atoms with E-state index in [4.69, 9.17) is 5.73 Å². The second-order valence-electron chi connectivity index (χ2n) is 4.38. The number of rotatable bonds is 4. The van der Waals surface area contributed by atoms with Crippen LogP contribution in [0.2, 0.25) is 0 Å². The highest BCUT2D eigenvalue weighted by Crippen LogP contribution is 2.27. The average Bonchev–Trinajstić information content (AvgIpc) is 2.95. The molecule has 19 heavy (non-hydrogen) atoms. The highest BCUT2D eigenvalue weighted by Gasteiger charge is 2.03. The smallest absolute Gasteiger partial charge is 0.0437 e. The molecule has 3 N–H and O–H groups in total. The fraction of sp³-hybridized carbons (Fsp3) is 0.133. The third-order valence-electron chi connectivity index (χ3n) is 3.12. The van der Waals surface area contributed by atoms with Crippen molar-refractivity contribution in [2.24, 2.45) is 0 Å². The summed E-state index contributed by atoms with van der Waals surface area (Å²) >= 11 is 1.79. The van der Waals surface area contributed by atoms with Gasteiger partial charge in [-0.15, -0.1) is 11.3 Å². The molecule has 0 saturated heterocycles. The fourth-order valence-electron chi connectivity index (χ4n) is 2.14. The fourth-order valence-corrected chi connectivity index (χ4v) is 2.85. The van der Waals surface area contributed by atoms with Gasteiger partial charge >= 0.3 is 0 Å². The lowest BCUT2D eigenvalue weighted by molar-refractivity contribution is 1.05. The van der Waals surface area contributed by atoms with Gasteiger partial charge in [0.2, 0.25) is 0 Å². The van der Waals surface area contributed by atoms with Crippen LogP contribution in [0.4, 0.5) is 11.4 Å². The van der Waals surface area contributed by atoms with Gasteiger partial charge in [-0.05, 0) is 36.1 Å². The summed E-state index contributed by atoms with van der Waals surface area (Å²) in [6.07, 6.45) is 4.66. The van der Waals surface area contributed by atoms with E-state index in [-0.39, 0.29) is 0 Å². The van der Waals surface area contributed by atoms with Crippen LogP contribution in [0.3, 0.4) is 0 Å². The highest BCUT2D eigenvalue weighted by molar-refractivity contribution is 7.09. The van der Waals surface area contributed by atoms with Crippen LogP contribution in [-0.2, 0) is 6.42 Å². The Balaban J connectivity index is 1.79. The Morgan fingerprint density at radius 1 is 1.16 bits per heavy atom. The molecule has 2 heterocycles. The molecule has 96 valence electrons. The summed E-state index contributed by atoms with van der Waals surface area (Å²) in [5.74, 6) is 0. The zero-order valence-electron chi connectivity index (χ0n) is 10.5. The Labute approximate surface area is 116 Å². The summed E-state index contributed by atoms with van der Waals surface area (Å²) in [5.41, 5.74) is 7.86. The number of aromatic nitrogens is 1. The Kier molecular flexibility index (Phi) is 3.33. The molecule has 3 rings (SSSR count). The Morgan fingerprint density at radius 3 is 2.95 bits per heavy atom. The van der Waals surface area contributed by atoms with Gasteiger partial charge in [-0.2, -0.15) is 0 Å². The molecule has 0 saturated carbocycles. The van der Waals surface area contributed by atoms with Crippen molar-refractivity contribution >= 4 is 33.5 Å². The Hall–Kier alpha value is -2.07. The van der Waals surface area contributed by atoms with E-state index in [0.717, 1.165) is 35.1 Å². The first kappa shape index (κ1) is 12.0. The van der Waals surface area contributed by atoms with Gasteiger partial charge in [0.25, 0.3) is 0 Å². The van der Waals surface area contributed by atoms with Crippen molar-refractivity contribution < 1.29 is 0 Å². The molecule has 0 aliphatic carbocycles. The Morgan fingerprint density at radius 2 is 2.11 bits per heavy atom. The topological polar surface area (TPSA) is 50.9 Å². The first-order valence-corrected chi connectivity index (χ1v) is 7.11. The summed E-state index contributed by atoms with van der Waals surface area (Å²) < 4.78 is 0. The highest BCUT2D eigenvalue weighted by atomic mass is 32.1. The van der Waals surface area contributed by atoms with Gasteiger partial charge in [0.1, 0.15) is 0 Å². The second-order valence-corrected chi connectivity index (χ2v) is 5.41. The van der Waals surface area contributed by atoms with Crippen LogP contribution in [0.1, 0.15) is 4.88 Å². The molecule has 0 unspecified atom stereocenters. The van der Waals surface area contributed by atoms with Crippen molar-refractivity contribution in [2.45, 2.75) is 6.42 Å².